The highest BCUT2D eigenvalue weighted by Crippen LogP contribution is 2.17. The third-order valence-electron chi connectivity index (χ3n) is 3.96. The molecule has 1 amide bonds. The lowest BCUT2D eigenvalue weighted by Gasteiger charge is -2.23. The molecule has 0 saturated heterocycles. The number of amides is 1. The first kappa shape index (κ1) is 20.9. The zero-order chi connectivity index (χ0) is 19.7. The number of nitrogens with zero attached hydrogens (tertiary/aromatic N) is 1. The van der Waals surface area contributed by atoms with Crippen molar-refractivity contribution >= 4 is 16.0 Å². The standard InChI is InChI=1S/C20H25NO5S/c1-3-27(23,24)26-19-11-7-10-18(14-19)16-21(12-13-25-2)20(22)15-17-8-5-4-6-9-17/h4-11,14H,3,12-13,15-16H2,1-2H3. The number of benzene rings is 2. The van der Waals surface area contributed by atoms with Gasteiger partial charge in [-0.2, -0.15) is 8.42 Å². The molecule has 146 valence electrons. The highest BCUT2D eigenvalue weighted by molar-refractivity contribution is 7.87. The molecular weight excluding hydrogens is 366 g/mol. The number of ether oxygens (including phenoxy) is 1. The van der Waals surface area contributed by atoms with Crippen molar-refractivity contribution in [1.29, 1.82) is 0 Å². The predicted octanol–water partition coefficient (Wildman–Crippen LogP) is 2.63. The molecule has 0 unspecified atom stereocenters. The van der Waals surface area contributed by atoms with Gasteiger partial charge in [0.05, 0.1) is 18.8 Å². The summed E-state index contributed by atoms with van der Waals surface area (Å²) in [6, 6.07) is 16.3. The van der Waals surface area contributed by atoms with Crippen LogP contribution in [0.3, 0.4) is 0 Å². The average Bonchev–Trinajstić information content (AvgIpc) is 2.66. The molecule has 0 N–H and O–H groups in total. The smallest absolute Gasteiger partial charge is 0.308 e. The quantitative estimate of drug-likeness (QED) is 0.582. The van der Waals surface area contributed by atoms with Crippen LogP contribution in [0.4, 0.5) is 0 Å². The van der Waals surface area contributed by atoms with Crippen LogP contribution < -0.4 is 4.18 Å². The average molecular weight is 391 g/mol. The van der Waals surface area contributed by atoms with E-state index in [4.69, 9.17) is 8.92 Å². The zero-order valence-corrected chi connectivity index (χ0v) is 16.4. The Morgan fingerprint density at radius 3 is 2.41 bits per heavy atom. The number of hydrogen-bond donors (Lipinski definition) is 0. The fourth-order valence-corrected chi connectivity index (χ4v) is 3.01. The van der Waals surface area contributed by atoms with Gasteiger partial charge in [-0.25, -0.2) is 0 Å². The monoisotopic (exact) mass is 391 g/mol. The fraction of sp³-hybridized carbons (Fsp3) is 0.350. The van der Waals surface area contributed by atoms with E-state index in [1.165, 1.54) is 6.92 Å². The Morgan fingerprint density at radius 2 is 1.74 bits per heavy atom. The second-order valence-corrected chi connectivity index (χ2v) is 7.91. The van der Waals surface area contributed by atoms with Crippen molar-refractivity contribution in [3.63, 3.8) is 0 Å². The topological polar surface area (TPSA) is 72.9 Å². The van der Waals surface area contributed by atoms with Gasteiger partial charge in [-0.05, 0) is 30.2 Å². The van der Waals surface area contributed by atoms with Gasteiger partial charge in [-0.15, -0.1) is 0 Å². The number of rotatable bonds is 10. The Kier molecular flexibility index (Phi) is 7.82. The molecule has 0 aliphatic heterocycles. The molecule has 0 saturated carbocycles. The Morgan fingerprint density at radius 1 is 1.04 bits per heavy atom. The first-order valence-electron chi connectivity index (χ1n) is 8.75. The number of carbonyl (C=O) groups is 1. The summed E-state index contributed by atoms with van der Waals surface area (Å²) in [6.45, 7) is 2.73. The lowest BCUT2D eigenvalue weighted by molar-refractivity contribution is -0.131. The summed E-state index contributed by atoms with van der Waals surface area (Å²) in [5, 5.41) is 0. The van der Waals surface area contributed by atoms with Crippen molar-refractivity contribution in [3.8, 4) is 5.75 Å². The number of methoxy groups -OCH3 is 1. The van der Waals surface area contributed by atoms with Crippen LogP contribution in [0.2, 0.25) is 0 Å². The van der Waals surface area contributed by atoms with Crippen molar-refractivity contribution in [3.05, 3.63) is 65.7 Å². The van der Waals surface area contributed by atoms with Crippen LogP contribution in [0.5, 0.6) is 5.75 Å². The van der Waals surface area contributed by atoms with Gasteiger partial charge in [0.15, 0.2) is 0 Å². The van der Waals surface area contributed by atoms with Crippen molar-refractivity contribution in [2.24, 2.45) is 0 Å². The summed E-state index contributed by atoms with van der Waals surface area (Å²) in [7, 11) is -2.00. The summed E-state index contributed by atoms with van der Waals surface area (Å²) in [4.78, 5) is 14.4. The van der Waals surface area contributed by atoms with Gasteiger partial charge in [0.2, 0.25) is 5.91 Å². The second-order valence-electron chi connectivity index (χ2n) is 6.05. The molecule has 2 aromatic rings. The molecule has 0 radical (unpaired) electrons. The van der Waals surface area contributed by atoms with Crippen LogP contribution in [0.25, 0.3) is 0 Å². The Balaban J connectivity index is 2.12. The van der Waals surface area contributed by atoms with Gasteiger partial charge in [0.25, 0.3) is 0 Å². The zero-order valence-electron chi connectivity index (χ0n) is 15.6. The summed E-state index contributed by atoms with van der Waals surface area (Å²) < 4.78 is 33.5. The molecule has 0 atom stereocenters. The van der Waals surface area contributed by atoms with Crippen LogP contribution in [0.1, 0.15) is 18.1 Å². The van der Waals surface area contributed by atoms with E-state index in [2.05, 4.69) is 0 Å². The van der Waals surface area contributed by atoms with Gasteiger partial charge in [-0.3, -0.25) is 4.79 Å². The van der Waals surface area contributed by atoms with Crippen molar-refractivity contribution in [1.82, 2.24) is 4.90 Å². The minimum absolute atomic E-state index is 0.0225. The predicted molar refractivity (Wildman–Crippen MR) is 104 cm³/mol. The summed E-state index contributed by atoms with van der Waals surface area (Å²) >= 11 is 0. The third kappa shape index (κ3) is 7.03. The minimum atomic E-state index is -3.59. The summed E-state index contributed by atoms with van der Waals surface area (Å²) in [5.41, 5.74) is 1.73. The maximum Gasteiger partial charge on any atom is 0.308 e. The maximum atomic E-state index is 12.7. The van der Waals surface area contributed by atoms with Crippen LogP contribution >= 0.6 is 0 Å². The summed E-state index contributed by atoms with van der Waals surface area (Å²) in [6.07, 6.45) is 0.297. The molecule has 0 fully saturated rings. The molecule has 2 rings (SSSR count). The van der Waals surface area contributed by atoms with Gasteiger partial charge in [-0.1, -0.05) is 42.5 Å². The molecule has 0 aliphatic carbocycles. The first-order chi connectivity index (χ1) is 12.9. The molecular formula is C20H25NO5S. The van der Waals surface area contributed by atoms with Crippen LogP contribution in [0, 0.1) is 0 Å². The van der Waals surface area contributed by atoms with Crippen molar-refractivity contribution in [2.75, 3.05) is 26.0 Å². The molecule has 27 heavy (non-hydrogen) atoms. The minimum Gasteiger partial charge on any atom is -0.383 e. The van der Waals surface area contributed by atoms with Crippen molar-refractivity contribution < 1.29 is 22.1 Å². The number of carbonyl (C=O) groups excluding carboxylic acids is 1. The molecule has 7 heteroatoms. The Labute approximate surface area is 160 Å². The molecule has 0 spiro atoms. The fourth-order valence-electron chi connectivity index (χ4n) is 2.50. The van der Waals surface area contributed by atoms with E-state index >= 15 is 0 Å². The van der Waals surface area contributed by atoms with E-state index in [1.807, 2.05) is 36.4 Å². The van der Waals surface area contributed by atoms with E-state index in [-0.39, 0.29) is 17.4 Å². The lowest BCUT2D eigenvalue weighted by atomic mass is 10.1. The molecule has 0 aromatic heterocycles. The first-order valence-corrected chi connectivity index (χ1v) is 10.3. The largest absolute Gasteiger partial charge is 0.383 e. The van der Waals surface area contributed by atoms with E-state index in [0.29, 0.717) is 26.1 Å². The van der Waals surface area contributed by atoms with Crippen LogP contribution in [-0.4, -0.2) is 45.2 Å². The Bertz CT molecular complexity index is 836. The molecule has 0 bridgehead atoms. The number of hydrogen-bond acceptors (Lipinski definition) is 5. The highest BCUT2D eigenvalue weighted by Gasteiger charge is 2.16. The SMILES string of the molecule is CCS(=O)(=O)Oc1cccc(CN(CCOC)C(=O)Cc2ccccc2)c1. The van der Waals surface area contributed by atoms with E-state index in [0.717, 1.165) is 11.1 Å². The van der Waals surface area contributed by atoms with Gasteiger partial charge in [0.1, 0.15) is 5.75 Å². The molecule has 6 nitrogen and oxygen atoms in total. The van der Waals surface area contributed by atoms with E-state index in [1.54, 1.807) is 30.2 Å². The third-order valence-corrected chi connectivity index (χ3v) is 5.12. The highest BCUT2D eigenvalue weighted by atomic mass is 32.2. The normalized spacial score (nSPS) is 11.2. The van der Waals surface area contributed by atoms with Gasteiger partial charge < -0.3 is 13.8 Å². The molecule has 0 aliphatic rings. The van der Waals surface area contributed by atoms with Crippen LogP contribution in [-0.2, 0) is 32.6 Å². The molecule has 0 heterocycles. The van der Waals surface area contributed by atoms with Gasteiger partial charge in [0, 0.05) is 20.2 Å². The lowest BCUT2D eigenvalue weighted by Crippen LogP contribution is -2.34. The Hall–Kier alpha value is -2.38. The van der Waals surface area contributed by atoms with Gasteiger partial charge >= 0.3 is 10.1 Å². The second kappa shape index (κ2) is 10.1. The molecule has 2 aromatic carbocycles. The van der Waals surface area contributed by atoms with E-state index < -0.39 is 10.1 Å². The maximum absolute atomic E-state index is 12.7. The van der Waals surface area contributed by atoms with Crippen molar-refractivity contribution in [2.45, 2.75) is 19.9 Å². The van der Waals surface area contributed by atoms with E-state index in [9.17, 15) is 13.2 Å². The van der Waals surface area contributed by atoms with Crippen LogP contribution in [0.15, 0.2) is 54.6 Å². The summed E-state index contributed by atoms with van der Waals surface area (Å²) in [5.74, 6) is 0.120.